The summed E-state index contributed by atoms with van der Waals surface area (Å²) in [7, 11) is 0. The van der Waals surface area contributed by atoms with Crippen molar-refractivity contribution in [2.45, 2.75) is 43.7 Å². The summed E-state index contributed by atoms with van der Waals surface area (Å²) < 4.78 is 55.8. The van der Waals surface area contributed by atoms with Gasteiger partial charge in [0.2, 0.25) is 5.91 Å². The molecule has 1 aromatic carbocycles. The molecule has 1 saturated heterocycles. The van der Waals surface area contributed by atoms with Crippen molar-refractivity contribution >= 4 is 28.7 Å². The third kappa shape index (κ3) is 6.51. The van der Waals surface area contributed by atoms with Gasteiger partial charge in [0.05, 0.1) is 22.6 Å². The van der Waals surface area contributed by atoms with Crippen LogP contribution in [0.25, 0.3) is 0 Å². The van der Waals surface area contributed by atoms with E-state index in [1.165, 1.54) is 36.2 Å². The average Bonchev–Trinajstić information content (AvgIpc) is 3.35. The van der Waals surface area contributed by atoms with Gasteiger partial charge in [-0.25, -0.2) is 0 Å². The molecule has 176 valence electrons. The molecule has 1 unspecified atom stereocenters. The van der Waals surface area contributed by atoms with E-state index < -0.39 is 35.2 Å². The number of furan rings is 1. The molecule has 1 fully saturated rings. The van der Waals surface area contributed by atoms with Gasteiger partial charge in [0, 0.05) is 12.1 Å². The fourth-order valence-corrected chi connectivity index (χ4v) is 4.42. The largest absolute Gasteiger partial charge is 0.472 e. The molecule has 2 heterocycles. The van der Waals surface area contributed by atoms with Crippen molar-refractivity contribution in [3.05, 3.63) is 59.8 Å². The van der Waals surface area contributed by atoms with Crippen molar-refractivity contribution < 1.29 is 31.6 Å². The van der Waals surface area contributed by atoms with Crippen LogP contribution < -0.4 is 5.32 Å². The number of aliphatic imine (C=N–C) groups is 1. The molecule has 33 heavy (non-hydrogen) atoms. The van der Waals surface area contributed by atoms with Crippen LogP contribution in [0.3, 0.4) is 0 Å². The summed E-state index contributed by atoms with van der Waals surface area (Å²) in [6.45, 7) is 1.84. The Kier molecular flexibility index (Phi) is 7.37. The van der Waals surface area contributed by atoms with Crippen LogP contribution in [0.1, 0.15) is 48.7 Å². The molecule has 1 aromatic heterocycles. The molecule has 1 aliphatic heterocycles. The van der Waals surface area contributed by atoms with Gasteiger partial charge in [-0.05, 0) is 51.0 Å². The fourth-order valence-electron chi connectivity index (χ4n) is 3.25. The van der Waals surface area contributed by atoms with E-state index in [9.17, 15) is 27.2 Å². The Morgan fingerprint density at radius 2 is 2.09 bits per heavy atom. The van der Waals surface area contributed by atoms with Gasteiger partial charge in [-0.15, -0.1) is 0 Å². The first-order chi connectivity index (χ1) is 15.5. The Labute approximate surface area is 192 Å². The topological polar surface area (TPSA) is 74.9 Å². The quantitative estimate of drug-likeness (QED) is 0.560. The molecule has 2 aromatic rings. The van der Waals surface area contributed by atoms with Gasteiger partial charge in [-0.2, -0.15) is 17.6 Å². The van der Waals surface area contributed by atoms with E-state index in [2.05, 4.69) is 22.4 Å². The van der Waals surface area contributed by atoms with Gasteiger partial charge in [-0.3, -0.25) is 14.6 Å². The second-order valence-corrected chi connectivity index (χ2v) is 9.23. The predicted molar refractivity (Wildman–Crippen MR) is 114 cm³/mol. The summed E-state index contributed by atoms with van der Waals surface area (Å²) in [6.07, 6.45) is -1.87. The summed E-state index contributed by atoms with van der Waals surface area (Å²) in [5.74, 6) is -1.66. The Bertz CT molecular complexity index is 1010. The van der Waals surface area contributed by atoms with Crippen LogP contribution in [-0.2, 0) is 4.79 Å². The zero-order valence-corrected chi connectivity index (χ0v) is 18.6. The highest BCUT2D eigenvalue weighted by Crippen LogP contribution is 2.37. The van der Waals surface area contributed by atoms with Crippen LogP contribution in [0, 0.1) is 17.9 Å². The van der Waals surface area contributed by atoms with Gasteiger partial charge in [-0.1, -0.05) is 17.8 Å². The monoisotopic (exact) mass is 483 g/mol. The Morgan fingerprint density at radius 3 is 2.70 bits per heavy atom. The number of hydrogen-bond donors (Lipinski definition) is 1. The second-order valence-electron chi connectivity index (χ2n) is 7.74. The second kappa shape index (κ2) is 9.87. The van der Waals surface area contributed by atoms with Crippen molar-refractivity contribution in [2.24, 2.45) is 4.99 Å². The van der Waals surface area contributed by atoms with Crippen LogP contribution >= 0.6 is 11.8 Å². The normalized spacial score (nSPS) is 20.4. The van der Waals surface area contributed by atoms with E-state index in [0.29, 0.717) is 15.6 Å². The van der Waals surface area contributed by atoms with Crippen molar-refractivity contribution in [3.8, 4) is 0 Å². The van der Waals surface area contributed by atoms with Crippen LogP contribution in [0.2, 0.25) is 0 Å². The number of nitrogens with zero attached hydrogens (tertiary/aromatic N) is 2. The number of amides is 2. The number of rotatable bonds is 8. The predicted octanol–water partition coefficient (Wildman–Crippen LogP) is 4.54. The zero-order chi connectivity index (χ0) is 24.2. The van der Waals surface area contributed by atoms with E-state index in [1.54, 1.807) is 13.8 Å². The van der Waals surface area contributed by atoms with E-state index in [-0.39, 0.29) is 30.9 Å². The SMILES string of the molecule is C[C@H](N=C1NC(=O)C(C)(CCCN(CC(F)(F)F)C(=O)c2ccoc2)S1)c1c#cc(F)cc1. The molecule has 0 radical (unpaired) electrons. The molecule has 0 aliphatic carbocycles. The Balaban J connectivity index is 1.62. The van der Waals surface area contributed by atoms with Gasteiger partial charge in [0.1, 0.15) is 12.8 Å². The first-order valence-electron chi connectivity index (χ1n) is 10.0. The molecule has 6 nitrogen and oxygen atoms in total. The zero-order valence-electron chi connectivity index (χ0n) is 17.8. The smallest absolute Gasteiger partial charge is 0.406 e. The lowest BCUT2D eigenvalue weighted by Crippen LogP contribution is -2.40. The average molecular weight is 483 g/mol. The molecule has 2 atom stereocenters. The summed E-state index contributed by atoms with van der Waals surface area (Å²) in [5, 5.41) is 3.04. The van der Waals surface area contributed by atoms with Crippen LogP contribution in [0.15, 0.2) is 40.1 Å². The first kappa shape index (κ1) is 24.6. The minimum Gasteiger partial charge on any atom is -0.472 e. The lowest BCUT2D eigenvalue weighted by molar-refractivity contribution is -0.141. The van der Waals surface area contributed by atoms with Crippen molar-refractivity contribution in [2.75, 3.05) is 13.1 Å². The molecule has 2 amide bonds. The number of alkyl halides is 3. The summed E-state index contributed by atoms with van der Waals surface area (Å²) in [4.78, 5) is 30.1. The highest BCUT2D eigenvalue weighted by molar-refractivity contribution is 8.16. The molecule has 1 N–H and O–H groups in total. The number of carbonyl (C=O) groups is 2. The van der Waals surface area contributed by atoms with Crippen LogP contribution in [-0.4, -0.2) is 45.9 Å². The fraction of sp³-hybridized carbons (Fsp3) is 0.409. The summed E-state index contributed by atoms with van der Waals surface area (Å²) >= 11 is 1.17. The highest BCUT2D eigenvalue weighted by Gasteiger charge is 2.42. The van der Waals surface area contributed by atoms with Crippen molar-refractivity contribution in [3.63, 3.8) is 0 Å². The number of thioether (sulfide) groups is 1. The van der Waals surface area contributed by atoms with Gasteiger partial charge < -0.3 is 14.6 Å². The Hall–Kier alpha value is -3.00. The third-order valence-electron chi connectivity index (χ3n) is 5.03. The molecule has 0 spiro atoms. The molecular weight excluding hydrogens is 462 g/mol. The van der Waals surface area contributed by atoms with Gasteiger partial charge in [0.25, 0.3) is 5.91 Å². The molecular formula is C22H21F4N3O3S. The van der Waals surface area contributed by atoms with Crippen molar-refractivity contribution in [1.82, 2.24) is 10.2 Å². The number of amidine groups is 1. The summed E-state index contributed by atoms with van der Waals surface area (Å²) in [5.41, 5.74) is 0.615. The van der Waals surface area contributed by atoms with E-state index in [1.807, 2.05) is 0 Å². The number of carbonyl (C=O) groups excluding carboxylic acids is 2. The van der Waals surface area contributed by atoms with Gasteiger partial charge >= 0.3 is 6.18 Å². The number of nitrogens with one attached hydrogen (secondary N) is 1. The number of halogens is 4. The first-order valence-corrected chi connectivity index (χ1v) is 10.8. The van der Waals surface area contributed by atoms with Gasteiger partial charge in [0.15, 0.2) is 11.0 Å². The van der Waals surface area contributed by atoms with E-state index in [4.69, 9.17) is 4.42 Å². The maximum atomic E-state index is 13.0. The summed E-state index contributed by atoms with van der Waals surface area (Å²) in [6, 6.07) is 8.64. The highest BCUT2D eigenvalue weighted by atomic mass is 32.2. The van der Waals surface area contributed by atoms with Crippen molar-refractivity contribution in [1.29, 1.82) is 0 Å². The minimum absolute atomic E-state index is 0.0247. The Morgan fingerprint density at radius 1 is 1.33 bits per heavy atom. The van der Waals surface area contributed by atoms with E-state index in [0.717, 1.165) is 6.26 Å². The lowest BCUT2D eigenvalue weighted by Gasteiger charge is -2.25. The molecule has 0 saturated carbocycles. The standard InChI is InChI=1S/C22H21F4N3O3S/c1-14(15-4-6-17(23)7-5-15)27-20-28-19(31)21(2,33-20)9-3-10-29(13-22(24,25)26)18(30)16-8-11-32-12-16/h4,6,8,11-12,14H,3,9-10,13H2,1-2H3,(H,27,28,31)/t14-,21?/m0/s1. The van der Waals surface area contributed by atoms with E-state index >= 15 is 0 Å². The molecule has 1 aliphatic rings. The molecule has 3 rings (SSSR count). The molecule has 0 bridgehead atoms. The maximum Gasteiger partial charge on any atom is 0.406 e. The molecule has 11 heteroatoms. The third-order valence-corrected chi connectivity index (χ3v) is 6.27. The van der Waals surface area contributed by atoms with Crippen LogP contribution in [0.5, 0.6) is 0 Å². The maximum absolute atomic E-state index is 13.0. The number of hydrogen-bond acceptors (Lipinski definition) is 5. The lowest BCUT2D eigenvalue weighted by atomic mass is 10.0. The van der Waals surface area contributed by atoms with Crippen LogP contribution in [0.4, 0.5) is 17.6 Å². The minimum atomic E-state index is -4.56.